The van der Waals surface area contributed by atoms with E-state index in [4.69, 9.17) is 4.74 Å². The van der Waals surface area contributed by atoms with Crippen molar-refractivity contribution in [3.63, 3.8) is 0 Å². The van der Waals surface area contributed by atoms with Crippen molar-refractivity contribution in [2.24, 2.45) is 0 Å². The second kappa shape index (κ2) is 9.08. The lowest BCUT2D eigenvalue weighted by molar-refractivity contribution is -0.933. The number of quaternary nitrogens is 1. The van der Waals surface area contributed by atoms with Crippen LogP contribution in [0.4, 0.5) is 9.39 Å². The number of amides is 1. The minimum Gasteiger partial charge on any atom is -0.370 e. The summed E-state index contributed by atoms with van der Waals surface area (Å²) in [5, 5.41) is 4.02. The van der Waals surface area contributed by atoms with E-state index in [1.807, 2.05) is 42.5 Å². The maximum Gasteiger partial charge on any atom is 0.256 e. The van der Waals surface area contributed by atoms with Crippen LogP contribution in [0.2, 0.25) is 0 Å². The molecule has 1 aliphatic rings. The van der Waals surface area contributed by atoms with E-state index in [1.54, 1.807) is 11.3 Å². The summed E-state index contributed by atoms with van der Waals surface area (Å²) >= 11 is 1.60. The summed E-state index contributed by atoms with van der Waals surface area (Å²) in [5.41, 5.74) is 3.97. The van der Waals surface area contributed by atoms with Crippen LogP contribution < -0.4 is 10.2 Å². The molecule has 1 atom stereocenters. The van der Waals surface area contributed by atoms with Crippen LogP contribution in [0.1, 0.15) is 38.0 Å². The van der Waals surface area contributed by atoms with Crippen LogP contribution in [0, 0.1) is 19.7 Å². The zero-order valence-electron chi connectivity index (χ0n) is 17.2. The molecule has 4 rings (SSSR count). The molecule has 0 spiro atoms. The number of hydrogen-bond donors (Lipinski definition) is 2. The van der Waals surface area contributed by atoms with Gasteiger partial charge in [0.1, 0.15) is 29.9 Å². The molecular weight excluding hydrogens is 399 g/mol. The lowest BCUT2D eigenvalue weighted by Gasteiger charge is -2.32. The van der Waals surface area contributed by atoms with E-state index >= 15 is 0 Å². The highest BCUT2D eigenvalue weighted by Crippen LogP contribution is 2.38. The molecule has 4 nitrogen and oxygen atoms in total. The SMILES string of the molecule is Cc1sc(NC(=O)c2ccccc2)c([C@H](c2ccc(F)cc2)[NH+]2CCOCC2)c1C. The summed E-state index contributed by atoms with van der Waals surface area (Å²) in [6.07, 6.45) is 0. The maximum absolute atomic E-state index is 13.6. The van der Waals surface area contributed by atoms with Gasteiger partial charge in [-0.25, -0.2) is 4.39 Å². The monoisotopic (exact) mass is 425 g/mol. The lowest BCUT2D eigenvalue weighted by atomic mass is 9.94. The van der Waals surface area contributed by atoms with Gasteiger partial charge in [0.2, 0.25) is 0 Å². The molecule has 0 bridgehead atoms. The molecule has 3 aromatic rings. The van der Waals surface area contributed by atoms with Gasteiger partial charge < -0.3 is 15.0 Å². The number of ether oxygens (including phenoxy) is 1. The number of carbonyl (C=O) groups is 1. The molecule has 156 valence electrons. The predicted octanol–water partition coefficient (Wildman–Crippen LogP) is 3.76. The normalized spacial score (nSPS) is 15.7. The highest BCUT2D eigenvalue weighted by Gasteiger charge is 2.33. The number of nitrogens with one attached hydrogen (secondary N) is 2. The van der Waals surface area contributed by atoms with E-state index in [-0.39, 0.29) is 17.8 Å². The number of rotatable bonds is 5. The van der Waals surface area contributed by atoms with Crippen molar-refractivity contribution in [3.8, 4) is 0 Å². The Morgan fingerprint density at radius 3 is 2.40 bits per heavy atom. The van der Waals surface area contributed by atoms with Crippen LogP contribution in [0.3, 0.4) is 0 Å². The number of carbonyl (C=O) groups excluding carboxylic acids is 1. The van der Waals surface area contributed by atoms with Gasteiger partial charge >= 0.3 is 0 Å². The van der Waals surface area contributed by atoms with Crippen molar-refractivity contribution in [1.82, 2.24) is 0 Å². The Morgan fingerprint density at radius 1 is 1.07 bits per heavy atom. The van der Waals surface area contributed by atoms with Crippen molar-refractivity contribution >= 4 is 22.2 Å². The molecule has 1 amide bonds. The molecule has 0 radical (unpaired) electrons. The van der Waals surface area contributed by atoms with Gasteiger partial charge in [-0.3, -0.25) is 4.79 Å². The molecular formula is C24H26FN2O2S+. The largest absolute Gasteiger partial charge is 0.370 e. The van der Waals surface area contributed by atoms with Crippen molar-refractivity contribution in [3.05, 3.63) is 87.5 Å². The molecule has 1 saturated heterocycles. The zero-order chi connectivity index (χ0) is 21.1. The van der Waals surface area contributed by atoms with Gasteiger partial charge in [-0.2, -0.15) is 0 Å². The molecule has 1 aromatic heterocycles. The second-order valence-electron chi connectivity index (χ2n) is 7.60. The van der Waals surface area contributed by atoms with Crippen molar-refractivity contribution in [2.75, 3.05) is 31.6 Å². The third-order valence-electron chi connectivity index (χ3n) is 5.73. The molecule has 30 heavy (non-hydrogen) atoms. The highest BCUT2D eigenvalue weighted by atomic mass is 32.1. The van der Waals surface area contributed by atoms with Gasteiger partial charge in [0, 0.05) is 16.0 Å². The van der Waals surface area contributed by atoms with E-state index in [0.717, 1.165) is 29.2 Å². The quantitative estimate of drug-likeness (QED) is 0.654. The maximum atomic E-state index is 13.6. The topological polar surface area (TPSA) is 42.8 Å². The molecule has 2 N–H and O–H groups in total. The van der Waals surface area contributed by atoms with Gasteiger partial charge in [-0.05, 0) is 55.8 Å². The molecule has 1 fully saturated rings. The third-order valence-corrected chi connectivity index (χ3v) is 6.87. The first-order valence-corrected chi connectivity index (χ1v) is 11.0. The summed E-state index contributed by atoms with van der Waals surface area (Å²) in [4.78, 5) is 15.4. The average molecular weight is 426 g/mol. The van der Waals surface area contributed by atoms with Crippen LogP contribution in [0.25, 0.3) is 0 Å². The van der Waals surface area contributed by atoms with E-state index in [0.29, 0.717) is 18.8 Å². The molecule has 2 heterocycles. The fourth-order valence-corrected chi connectivity index (χ4v) is 5.13. The summed E-state index contributed by atoms with van der Waals surface area (Å²) in [6.45, 7) is 7.31. The Kier molecular flexibility index (Phi) is 6.27. The molecule has 2 aromatic carbocycles. The standard InChI is InChI=1S/C24H25FN2O2S/c1-16-17(2)30-24(26-23(28)19-6-4-3-5-7-19)21(16)22(27-12-14-29-15-13-27)18-8-10-20(25)11-9-18/h3-11,22H,12-15H2,1-2H3,(H,26,28)/p+1/t22-/m0/s1. The average Bonchev–Trinajstić information content (AvgIpc) is 3.04. The number of benzene rings is 2. The summed E-state index contributed by atoms with van der Waals surface area (Å²) < 4.78 is 19.2. The Hall–Kier alpha value is -2.54. The third kappa shape index (κ3) is 4.31. The van der Waals surface area contributed by atoms with Crippen LogP contribution in [-0.4, -0.2) is 32.2 Å². The Bertz CT molecular complexity index is 1010. The first-order valence-electron chi connectivity index (χ1n) is 10.2. The predicted molar refractivity (Wildman–Crippen MR) is 118 cm³/mol. The van der Waals surface area contributed by atoms with Crippen molar-refractivity contribution < 1.29 is 18.8 Å². The minimum absolute atomic E-state index is 0.00511. The van der Waals surface area contributed by atoms with E-state index < -0.39 is 0 Å². The summed E-state index contributed by atoms with van der Waals surface area (Å²) in [7, 11) is 0. The molecule has 6 heteroatoms. The van der Waals surface area contributed by atoms with Crippen molar-refractivity contribution in [2.45, 2.75) is 19.9 Å². The first kappa shape index (κ1) is 20.7. The van der Waals surface area contributed by atoms with Gasteiger partial charge in [0.15, 0.2) is 0 Å². The fraction of sp³-hybridized carbons (Fsp3) is 0.292. The molecule has 1 aliphatic heterocycles. The summed E-state index contributed by atoms with van der Waals surface area (Å²) in [6, 6.07) is 16.0. The Morgan fingerprint density at radius 2 is 1.73 bits per heavy atom. The number of anilines is 1. The molecule has 0 saturated carbocycles. The minimum atomic E-state index is -0.245. The van der Waals surface area contributed by atoms with E-state index in [1.165, 1.54) is 27.5 Å². The fourth-order valence-electron chi connectivity index (χ4n) is 4.03. The number of hydrogen-bond acceptors (Lipinski definition) is 3. The van der Waals surface area contributed by atoms with Crippen LogP contribution in [0.5, 0.6) is 0 Å². The summed E-state index contributed by atoms with van der Waals surface area (Å²) in [5.74, 6) is -0.363. The zero-order valence-corrected chi connectivity index (χ0v) is 18.0. The van der Waals surface area contributed by atoms with E-state index in [2.05, 4.69) is 19.2 Å². The van der Waals surface area contributed by atoms with Crippen LogP contribution in [0.15, 0.2) is 54.6 Å². The highest BCUT2D eigenvalue weighted by molar-refractivity contribution is 7.16. The van der Waals surface area contributed by atoms with Crippen molar-refractivity contribution in [1.29, 1.82) is 0 Å². The van der Waals surface area contributed by atoms with Crippen LogP contribution >= 0.6 is 11.3 Å². The molecule has 0 aliphatic carbocycles. The smallest absolute Gasteiger partial charge is 0.256 e. The number of morpholine rings is 1. The number of halogens is 1. The van der Waals surface area contributed by atoms with Gasteiger partial charge in [0.05, 0.1) is 18.8 Å². The Labute approximate surface area is 180 Å². The number of aryl methyl sites for hydroxylation is 1. The second-order valence-corrected chi connectivity index (χ2v) is 8.83. The number of thiophene rings is 1. The lowest BCUT2D eigenvalue weighted by Crippen LogP contribution is -3.14. The van der Waals surface area contributed by atoms with Gasteiger partial charge in [-0.1, -0.05) is 18.2 Å². The van der Waals surface area contributed by atoms with Gasteiger partial charge in [-0.15, -0.1) is 11.3 Å². The van der Waals surface area contributed by atoms with Crippen LogP contribution in [-0.2, 0) is 4.74 Å². The molecule has 0 unspecified atom stereocenters. The van der Waals surface area contributed by atoms with E-state index in [9.17, 15) is 9.18 Å². The first-order chi connectivity index (χ1) is 14.5. The Balaban J connectivity index is 1.76. The van der Waals surface area contributed by atoms with Gasteiger partial charge in [0.25, 0.3) is 5.91 Å².